The Morgan fingerprint density at radius 2 is 2.42 bits per heavy atom. The standard InChI is InChI=1S/C8H12N2OS/c1-3-4-6-5-9-8(12-2)10-7(6)11/h5H,3-4H2,1-2H3,(H,9,10,11). The number of H-pyrrole nitrogens is 1. The van der Waals surface area contributed by atoms with E-state index in [1.165, 1.54) is 11.8 Å². The smallest absolute Gasteiger partial charge is 0.254 e. The molecule has 0 amide bonds. The number of nitrogens with zero attached hydrogens (tertiary/aromatic N) is 1. The van der Waals surface area contributed by atoms with E-state index in [0.717, 1.165) is 18.4 Å². The number of nitrogens with one attached hydrogen (secondary N) is 1. The molecule has 0 spiro atoms. The Morgan fingerprint density at radius 3 is 2.92 bits per heavy atom. The molecule has 0 aliphatic carbocycles. The Labute approximate surface area is 75.6 Å². The number of hydrogen-bond donors (Lipinski definition) is 1. The number of aromatic amines is 1. The molecule has 12 heavy (non-hydrogen) atoms. The molecule has 1 N–H and O–H groups in total. The van der Waals surface area contributed by atoms with Gasteiger partial charge in [0.1, 0.15) is 0 Å². The van der Waals surface area contributed by atoms with Gasteiger partial charge in [-0.05, 0) is 12.7 Å². The maximum absolute atomic E-state index is 11.3. The highest BCUT2D eigenvalue weighted by Crippen LogP contribution is 2.04. The van der Waals surface area contributed by atoms with Crippen LogP contribution in [-0.2, 0) is 6.42 Å². The van der Waals surface area contributed by atoms with Gasteiger partial charge in [-0.15, -0.1) is 0 Å². The lowest BCUT2D eigenvalue weighted by atomic mass is 10.2. The van der Waals surface area contributed by atoms with Crippen molar-refractivity contribution in [3.05, 3.63) is 22.1 Å². The lowest BCUT2D eigenvalue weighted by Crippen LogP contribution is -2.13. The first-order valence-corrected chi connectivity index (χ1v) is 5.12. The van der Waals surface area contributed by atoms with E-state index >= 15 is 0 Å². The molecule has 3 nitrogen and oxygen atoms in total. The van der Waals surface area contributed by atoms with Crippen molar-refractivity contribution in [2.45, 2.75) is 24.9 Å². The highest BCUT2D eigenvalue weighted by Gasteiger charge is 1.99. The van der Waals surface area contributed by atoms with E-state index in [-0.39, 0.29) is 5.56 Å². The van der Waals surface area contributed by atoms with Gasteiger partial charge in [0.15, 0.2) is 5.16 Å². The predicted octanol–water partition coefficient (Wildman–Crippen LogP) is 1.44. The van der Waals surface area contributed by atoms with Crippen molar-refractivity contribution in [1.82, 2.24) is 9.97 Å². The van der Waals surface area contributed by atoms with Crippen LogP contribution < -0.4 is 5.56 Å². The van der Waals surface area contributed by atoms with Crippen molar-refractivity contribution in [2.75, 3.05) is 6.26 Å². The van der Waals surface area contributed by atoms with Gasteiger partial charge in [-0.2, -0.15) is 0 Å². The van der Waals surface area contributed by atoms with Gasteiger partial charge >= 0.3 is 0 Å². The number of rotatable bonds is 3. The van der Waals surface area contributed by atoms with Crippen LogP contribution in [0.4, 0.5) is 0 Å². The van der Waals surface area contributed by atoms with Crippen molar-refractivity contribution in [2.24, 2.45) is 0 Å². The summed E-state index contributed by atoms with van der Waals surface area (Å²) in [6, 6.07) is 0. The highest BCUT2D eigenvalue weighted by atomic mass is 32.2. The van der Waals surface area contributed by atoms with Crippen LogP contribution in [-0.4, -0.2) is 16.2 Å². The van der Waals surface area contributed by atoms with Crippen molar-refractivity contribution < 1.29 is 0 Å². The Balaban J connectivity index is 2.96. The van der Waals surface area contributed by atoms with E-state index in [0.29, 0.717) is 5.16 Å². The quantitative estimate of drug-likeness (QED) is 0.571. The first-order chi connectivity index (χ1) is 5.77. The van der Waals surface area contributed by atoms with Gasteiger partial charge in [-0.3, -0.25) is 4.79 Å². The first kappa shape index (κ1) is 9.32. The largest absolute Gasteiger partial charge is 0.301 e. The summed E-state index contributed by atoms with van der Waals surface area (Å²) in [6.07, 6.45) is 5.33. The van der Waals surface area contributed by atoms with Crippen LogP contribution in [0.3, 0.4) is 0 Å². The van der Waals surface area contributed by atoms with Gasteiger partial charge in [0.05, 0.1) is 0 Å². The zero-order valence-electron chi connectivity index (χ0n) is 7.26. The molecule has 0 atom stereocenters. The van der Waals surface area contributed by atoms with Crippen molar-refractivity contribution in [3.8, 4) is 0 Å². The molecular formula is C8H12N2OS. The summed E-state index contributed by atoms with van der Waals surface area (Å²) in [5.74, 6) is 0. The minimum absolute atomic E-state index is 0.00352. The number of aromatic nitrogens is 2. The number of hydrogen-bond acceptors (Lipinski definition) is 3. The second-order valence-electron chi connectivity index (χ2n) is 2.50. The Bertz CT molecular complexity index is 308. The van der Waals surface area contributed by atoms with Crippen molar-refractivity contribution in [3.63, 3.8) is 0 Å². The van der Waals surface area contributed by atoms with Gasteiger partial charge in [-0.1, -0.05) is 25.1 Å². The van der Waals surface area contributed by atoms with Crippen LogP contribution in [0.5, 0.6) is 0 Å². The van der Waals surface area contributed by atoms with Crippen LogP contribution in [0.1, 0.15) is 18.9 Å². The summed E-state index contributed by atoms with van der Waals surface area (Å²) < 4.78 is 0. The zero-order valence-corrected chi connectivity index (χ0v) is 8.07. The third kappa shape index (κ3) is 2.11. The minimum Gasteiger partial charge on any atom is -0.301 e. The van der Waals surface area contributed by atoms with Gasteiger partial charge in [0.2, 0.25) is 0 Å². The van der Waals surface area contributed by atoms with E-state index in [9.17, 15) is 4.79 Å². The van der Waals surface area contributed by atoms with Crippen molar-refractivity contribution in [1.29, 1.82) is 0 Å². The molecule has 0 unspecified atom stereocenters. The van der Waals surface area contributed by atoms with Crippen LogP contribution in [0, 0.1) is 0 Å². The zero-order chi connectivity index (χ0) is 8.97. The molecule has 0 saturated heterocycles. The molecule has 0 bridgehead atoms. The molecule has 4 heteroatoms. The van der Waals surface area contributed by atoms with E-state index in [1.807, 2.05) is 13.2 Å². The molecule has 0 aromatic carbocycles. The van der Waals surface area contributed by atoms with E-state index < -0.39 is 0 Å². The third-order valence-corrected chi connectivity index (χ3v) is 2.16. The molecule has 0 aliphatic heterocycles. The molecule has 0 saturated carbocycles. The average Bonchev–Trinajstić information content (AvgIpc) is 2.09. The monoisotopic (exact) mass is 184 g/mol. The normalized spacial score (nSPS) is 10.2. The molecule has 1 rings (SSSR count). The van der Waals surface area contributed by atoms with E-state index in [4.69, 9.17) is 0 Å². The summed E-state index contributed by atoms with van der Waals surface area (Å²) in [7, 11) is 0. The lowest BCUT2D eigenvalue weighted by molar-refractivity contribution is 0.844. The van der Waals surface area contributed by atoms with Crippen LogP contribution in [0.25, 0.3) is 0 Å². The average molecular weight is 184 g/mol. The Hall–Kier alpha value is -0.770. The van der Waals surface area contributed by atoms with E-state index in [1.54, 1.807) is 6.20 Å². The molecule has 0 aliphatic rings. The fraction of sp³-hybridized carbons (Fsp3) is 0.500. The lowest BCUT2D eigenvalue weighted by Gasteiger charge is -1.97. The Morgan fingerprint density at radius 1 is 1.67 bits per heavy atom. The summed E-state index contributed by atoms with van der Waals surface area (Å²) in [4.78, 5) is 18.1. The topological polar surface area (TPSA) is 45.8 Å². The summed E-state index contributed by atoms with van der Waals surface area (Å²) >= 11 is 1.44. The third-order valence-electron chi connectivity index (χ3n) is 1.56. The summed E-state index contributed by atoms with van der Waals surface area (Å²) in [5.41, 5.74) is 0.770. The van der Waals surface area contributed by atoms with Crippen LogP contribution >= 0.6 is 11.8 Å². The van der Waals surface area contributed by atoms with Gasteiger partial charge in [0.25, 0.3) is 5.56 Å². The molecule has 1 aromatic heterocycles. The molecule has 0 fully saturated rings. The highest BCUT2D eigenvalue weighted by molar-refractivity contribution is 7.98. The SMILES string of the molecule is CCCc1cnc(SC)[nH]c1=O. The predicted molar refractivity (Wildman–Crippen MR) is 50.6 cm³/mol. The summed E-state index contributed by atoms with van der Waals surface area (Å²) in [6.45, 7) is 2.04. The summed E-state index contributed by atoms with van der Waals surface area (Å²) in [5, 5.41) is 0.680. The van der Waals surface area contributed by atoms with Crippen molar-refractivity contribution >= 4 is 11.8 Å². The van der Waals surface area contributed by atoms with Gasteiger partial charge in [-0.25, -0.2) is 4.98 Å². The minimum atomic E-state index is -0.00352. The molecular weight excluding hydrogens is 172 g/mol. The molecule has 66 valence electrons. The fourth-order valence-electron chi connectivity index (χ4n) is 0.956. The molecule has 1 aromatic rings. The maximum atomic E-state index is 11.3. The second kappa shape index (κ2) is 4.30. The van der Waals surface area contributed by atoms with Gasteiger partial charge < -0.3 is 4.98 Å². The molecule has 1 heterocycles. The second-order valence-corrected chi connectivity index (χ2v) is 3.29. The van der Waals surface area contributed by atoms with Crippen LogP contribution in [0.2, 0.25) is 0 Å². The number of aryl methyl sites for hydroxylation is 1. The first-order valence-electron chi connectivity index (χ1n) is 3.90. The Kier molecular flexibility index (Phi) is 3.34. The maximum Gasteiger partial charge on any atom is 0.254 e. The number of thioether (sulfide) groups is 1. The fourth-order valence-corrected chi connectivity index (χ4v) is 1.31. The van der Waals surface area contributed by atoms with E-state index in [2.05, 4.69) is 9.97 Å². The van der Waals surface area contributed by atoms with Gasteiger partial charge in [0, 0.05) is 11.8 Å². The molecule has 0 radical (unpaired) electrons. The van der Waals surface area contributed by atoms with Crippen LogP contribution in [0.15, 0.2) is 16.1 Å².